The second-order valence-electron chi connectivity index (χ2n) is 9.64. The van der Waals surface area contributed by atoms with Crippen LogP contribution in [0.2, 0.25) is 0 Å². The lowest BCUT2D eigenvalue weighted by Gasteiger charge is -2.45. The number of carbonyl (C=O) groups is 1. The predicted octanol–water partition coefficient (Wildman–Crippen LogP) is 0.844. The molecule has 0 saturated carbocycles. The fourth-order valence-corrected chi connectivity index (χ4v) is 6.02. The lowest BCUT2D eigenvalue weighted by Crippen LogP contribution is -2.60. The zero-order chi connectivity index (χ0) is 27.7. The molecule has 2 aliphatic heterocycles. The summed E-state index contributed by atoms with van der Waals surface area (Å²) < 4.78 is 43.5. The van der Waals surface area contributed by atoms with Gasteiger partial charge in [0.2, 0.25) is 0 Å². The molecule has 0 radical (unpaired) electrons. The fraction of sp³-hybridized carbons (Fsp3) is 0.542. The van der Waals surface area contributed by atoms with Crippen molar-refractivity contribution in [3.8, 4) is 5.75 Å². The summed E-state index contributed by atoms with van der Waals surface area (Å²) in [6.45, 7) is 6.04. The molecule has 2 fully saturated rings. The first-order valence-corrected chi connectivity index (χ1v) is 13.7. The number of ether oxygens (including phenoxy) is 3. The third kappa shape index (κ3) is 6.09. The number of hydrogen-bond donors (Lipinski definition) is 2. The molecule has 0 spiro atoms. The molecular formula is C24H31N3O10P-. The Labute approximate surface area is 218 Å². The summed E-state index contributed by atoms with van der Waals surface area (Å²) in [5.74, 6) is -0.470. The smallest absolute Gasteiger partial charge is 0.459 e. The van der Waals surface area contributed by atoms with E-state index >= 15 is 0 Å². The minimum Gasteiger partial charge on any atom is -0.848 e. The number of benzene rings is 1. The Bertz CT molecular complexity index is 1300. The number of nitrogens with zero attached hydrogens (tertiary/aromatic N) is 1. The number of para-hydroxylation sites is 1. The third-order valence-electron chi connectivity index (χ3n) is 6.11. The highest BCUT2D eigenvalue weighted by atomic mass is 31.2. The van der Waals surface area contributed by atoms with Gasteiger partial charge in [0.25, 0.3) is 5.56 Å². The maximum Gasteiger partial charge on any atom is 0.459 e. The minimum atomic E-state index is -4.28. The van der Waals surface area contributed by atoms with Gasteiger partial charge in [-0.1, -0.05) is 24.3 Å². The summed E-state index contributed by atoms with van der Waals surface area (Å²) in [5.41, 5.74) is -2.93. The zero-order valence-corrected chi connectivity index (χ0v) is 22.3. The molecule has 1 aromatic heterocycles. The van der Waals surface area contributed by atoms with E-state index in [1.54, 1.807) is 51.1 Å². The summed E-state index contributed by atoms with van der Waals surface area (Å²) in [4.78, 5) is 38.5. The highest BCUT2D eigenvalue weighted by molar-refractivity contribution is 7.52. The molecule has 2 bridgehead atoms. The summed E-state index contributed by atoms with van der Waals surface area (Å²) >= 11 is 0. The van der Waals surface area contributed by atoms with Crippen LogP contribution in [0.1, 0.15) is 40.3 Å². The van der Waals surface area contributed by atoms with Crippen LogP contribution in [0.5, 0.6) is 5.75 Å². The maximum atomic E-state index is 13.9. The Kier molecular flexibility index (Phi) is 8.26. The van der Waals surface area contributed by atoms with Crippen molar-refractivity contribution >= 4 is 13.7 Å². The average Bonchev–Trinajstić information content (AvgIpc) is 2.99. The van der Waals surface area contributed by atoms with Crippen LogP contribution in [-0.4, -0.2) is 58.2 Å². The molecule has 2 N–H and O–H groups in total. The topological polar surface area (TPSA) is 170 Å². The van der Waals surface area contributed by atoms with Gasteiger partial charge in [-0.3, -0.25) is 23.7 Å². The number of carbonyl (C=O) groups excluding carboxylic acids is 1. The maximum absolute atomic E-state index is 13.9. The molecule has 0 aliphatic carbocycles. The lowest BCUT2D eigenvalue weighted by molar-refractivity contribution is -0.467. The van der Waals surface area contributed by atoms with Gasteiger partial charge in [-0.2, -0.15) is 5.09 Å². The van der Waals surface area contributed by atoms with Gasteiger partial charge in [0.05, 0.1) is 30.5 Å². The second-order valence-corrected chi connectivity index (χ2v) is 11.3. The van der Waals surface area contributed by atoms with Crippen molar-refractivity contribution in [2.24, 2.45) is 0 Å². The van der Waals surface area contributed by atoms with Crippen LogP contribution in [0.4, 0.5) is 0 Å². The summed E-state index contributed by atoms with van der Waals surface area (Å²) in [6, 6.07) is 8.24. The Morgan fingerprint density at radius 2 is 1.97 bits per heavy atom. The number of nitrogens with one attached hydrogen (secondary N) is 2. The third-order valence-corrected chi connectivity index (χ3v) is 7.73. The molecular weight excluding hydrogens is 521 g/mol. The number of esters is 1. The molecule has 7 atom stereocenters. The molecule has 208 valence electrons. The van der Waals surface area contributed by atoms with Gasteiger partial charge in [0, 0.05) is 18.7 Å². The fourth-order valence-electron chi connectivity index (χ4n) is 4.48. The van der Waals surface area contributed by atoms with Crippen LogP contribution in [0.25, 0.3) is 0 Å². The molecule has 4 rings (SSSR count). The molecule has 3 heterocycles. The van der Waals surface area contributed by atoms with Crippen LogP contribution in [0.3, 0.4) is 0 Å². The van der Waals surface area contributed by atoms with Crippen molar-refractivity contribution in [1.82, 2.24) is 14.6 Å². The number of aromatic amines is 1. The van der Waals surface area contributed by atoms with E-state index < -0.39 is 73.9 Å². The monoisotopic (exact) mass is 552 g/mol. The van der Waals surface area contributed by atoms with E-state index in [0.717, 1.165) is 10.6 Å². The molecule has 2 saturated heterocycles. The van der Waals surface area contributed by atoms with Gasteiger partial charge in [-0.25, -0.2) is 9.36 Å². The minimum absolute atomic E-state index is 0.0720. The number of H-pyrrole nitrogens is 1. The van der Waals surface area contributed by atoms with Crippen molar-refractivity contribution in [1.29, 1.82) is 0 Å². The normalized spacial score (nSPS) is 29.0. The number of hydrogen-bond acceptors (Lipinski definition) is 10. The highest BCUT2D eigenvalue weighted by Gasteiger charge is 2.56. The van der Waals surface area contributed by atoms with E-state index in [2.05, 4.69) is 10.1 Å². The Balaban J connectivity index is 1.60. The van der Waals surface area contributed by atoms with Crippen molar-refractivity contribution in [2.75, 3.05) is 6.61 Å². The molecule has 38 heavy (non-hydrogen) atoms. The Hall–Kier alpha value is -2.80. The van der Waals surface area contributed by atoms with Crippen molar-refractivity contribution in [2.45, 2.75) is 76.4 Å². The Morgan fingerprint density at radius 3 is 2.63 bits per heavy atom. The van der Waals surface area contributed by atoms with E-state index in [1.807, 2.05) is 0 Å². The van der Waals surface area contributed by atoms with Crippen LogP contribution < -0.4 is 26.0 Å². The number of rotatable bonds is 10. The molecule has 0 amide bonds. The molecule has 2 unspecified atom stereocenters. The van der Waals surface area contributed by atoms with Gasteiger partial charge in [0.1, 0.15) is 11.8 Å². The van der Waals surface area contributed by atoms with E-state index in [9.17, 15) is 24.1 Å². The first kappa shape index (κ1) is 28.2. The average molecular weight is 552 g/mol. The van der Waals surface area contributed by atoms with E-state index in [1.165, 1.54) is 13.1 Å². The molecule has 13 nitrogen and oxygen atoms in total. The van der Waals surface area contributed by atoms with Crippen LogP contribution in [0.15, 0.2) is 52.2 Å². The Morgan fingerprint density at radius 1 is 1.26 bits per heavy atom. The standard InChI is InChI=1S/C24H31N3O10P/c1-14(2)34-22(30)16(4)26-38(32,37-17-8-6-5-7-9-17)33-13-24-12-15(3)35-19(20(24)29)21(36-24)27-11-10-18(28)25-23(27)31/h5-11,14-16,19-21H,12-13H2,1-4H3,(H,26,32)(H,25,28,31)/q-1/t15-,16+,19?,20?,21-,24-,38-/m1/s1. The van der Waals surface area contributed by atoms with Crippen molar-refractivity contribution in [3.05, 3.63) is 63.4 Å². The summed E-state index contributed by atoms with van der Waals surface area (Å²) in [6.07, 6.45) is -3.35. The van der Waals surface area contributed by atoms with Crippen LogP contribution in [-0.2, 0) is 28.1 Å². The van der Waals surface area contributed by atoms with Gasteiger partial charge in [-0.15, -0.1) is 0 Å². The van der Waals surface area contributed by atoms with Crippen molar-refractivity contribution in [3.63, 3.8) is 0 Å². The van der Waals surface area contributed by atoms with Crippen LogP contribution >= 0.6 is 7.75 Å². The largest absolute Gasteiger partial charge is 0.848 e. The van der Waals surface area contributed by atoms with E-state index in [0.29, 0.717) is 0 Å². The van der Waals surface area contributed by atoms with Gasteiger partial charge >= 0.3 is 19.4 Å². The zero-order valence-electron chi connectivity index (χ0n) is 21.4. The molecule has 14 heteroatoms. The summed E-state index contributed by atoms with van der Waals surface area (Å²) in [5, 5.41) is 16.1. The van der Waals surface area contributed by atoms with Gasteiger partial charge in [-0.05, 0) is 39.8 Å². The first-order valence-electron chi connectivity index (χ1n) is 12.2. The summed E-state index contributed by atoms with van der Waals surface area (Å²) in [7, 11) is -4.28. The quantitative estimate of drug-likeness (QED) is 0.316. The SMILES string of the molecule is CC(C)OC(=O)[C@H](C)N[P@@](=O)(OC[C@]12C[C@@H](C)OC(C1[O-])[C@H](n1ccc(=O)[nH]c1=O)O2)Oc1ccccc1. The number of fused-ring (bicyclic) bond motifs is 2. The lowest BCUT2D eigenvalue weighted by atomic mass is 9.87. The van der Waals surface area contributed by atoms with Crippen LogP contribution in [0, 0.1) is 0 Å². The van der Waals surface area contributed by atoms with Gasteiger partial charge in [0.15, 0.2) is 6.23 Å². The molecule has 2 aromatic rings. The number of aromatic nitrogens is 2. The van der Waals surface area contributed by atoms with E-state index in [4.69, 9.17) is 23.3 Å². The molecule has 1 aromatic carbocycles. The van der Waals surface area contributed by atoms with Crippen molar-refractivity contribution < 1.29 is 37.7 Å². The predicted molar refractivity (Wildman–Crippen MR) is 131 cm³/mol. The highest BCUT2D eigenvalue weighted by Crippen LogP contribution is 2.50. The van der Waals surface area contributed by atoms with E-state index in [-0.39, 0.29) is 12.2 Å². The first-order chi connectivity index (χ1) is 17.9. The molecule has 2 aliphatic rings. The van der Waals surface area contributed by atoms with Gasteiger partial charge < -0.3 is 23.8 Å². The second kappa shape index (κ2) is 11.1.